The van der Waals surface area contributed by atoms with Crippen LogP contribution in [0.1, 0.15) is 18.5 Å². The van der Waals surface area contributed by atoms with Crippen LogP contribution in [-0.2, 0) is 14.8 Å². The molecule has 7 nitrogen and oxygen atoms in total. The van der Waals surface area contributed by atoms with Crippen LogP contribution in [0.25, 0.3) is 0 Å². The average Bonchev–Trinajstić information content (AvgIpc) is 2.76. The quantitative estimate of drug-likeness (QED) is 0.705. The van der Waals surface area contributed by atoms with E-state index >= 15 is 0 Å². The second-order valence-corrected chi connectivity index (χ2v) is 8.74. The maximum atomic E-state index is 12.7. The normalized spacial score (nSPS) is 16.4. The van der Waals surface area contributed by atoms with Crippen molar-refractivity contribution in [2.24, 2.45) is 0 Å². The van der Waals surface area contributed by atoms with Crippen LogP contribution in [0.5, 0.6) is 0 Å². The van der Waals surface area contributed by atoms with E-state index in [1.54, 1.807) is 42.2 Å². The van der Waals surface area contributed by atoms with Gasteiger partial charge in [-0.05, 0) is 19.1 Å². The first-order valence-electron chi connectivity index (χ1n) is 9.87. The molecule has 1 atom stereocenters. The number of nitrogens with zero attached hydrogens (tertiary/aromatic N) is 1. The molecule has 2 aromatic rings. The Morgan fingerprint density at radius 1 is 1.07 bits per heavy atom. The van der Waals surface area contributed by atoms with E-state index in [4.69, 9.17) is 4.74 Å². The largest absolute Gasteiger partial charge is 0.450 e. The van der Waals surface area contributed by atoms with Crippen LogP contribution in [-0.4, -0.2) is 58.7 Å². The van der Waals surface area contributed by atoms with Crippen molar-refractivity contribution in [1.29, 1.82) is 0 Å². The Balaban J connectivity index is 1.71. The molecule has 1 aliphatic rings. The van der Waals surface area contributed by atoms with Gasteiger partial charge in [-0.2, -0.15) is 0 Å². The lowest BCUT2D eigenvalue weighted by Crippen LogP contribution is -3.15. The summed E-state index contributed by atoms with van der Waals surface area (Å²) in [6, 6.07) is 18.3. The summed E-state index contributed by atoms with van der Waals surface area (Å²) in [5, 5.41) is 0. The van der Waals surface area contributed by atoms with Crippen LogP contribution >= 0.6 is 0 Å². The highest BCUT2D eigenvalue weighted by Crippen LogP contribution is 2.12. The summed E-state index contributed by atoms with van der Waals surface area (Å²) in [5.41, 5.74) is 1.07. The summed E-state index contributed by atoms with van der Waals surface area (Å²) < 4.78 is 33.2. The summed E-state index contributed by atoms with van der Waals surface area (Å²) >= 11 is 0. The molecule has 0 radical (unpaired) electrons. The summed E-state index contributed by atoms with van der Waals surface area (Å²) in [5.74, 6) is 0. The maximum Gasteiger partial charge on any atom is 0.410 e. The molecular formula is C21H28N3O4S+. The van der Waals surface area contributed by atoms with Gasteiger partial charge in [-0.25, -0.2) is 17.9 Å². The van der Waals surface area contributed by atoms with Crippen molar-refractivity contribution < 1.29 is 22.8 Å². The van der Waals surface area contributed by atoms with E-state index in [-0.39, 0.29) is 23.6 Å². The minimum Gasteiger partial charge on any atom is -0.450 e. The fourth-order valence-corrected chi connectivity index (χ4v) is 4.67. The lowest BCUT2D eigenvalue weighted by atomic mass is 10.0. The van der Waals surface area contributed by atoms with Crippen LogP contribution in [0.15, 0.2) is 65.6 Å². The van der Waals surface area contributed by atoms with Crippen molar-refractivity contribution in [1.82, 2.24) is 9.62 Å². The molecule has 1 saturated heterocycles. The Kier molecular flexibility index (Phi) is 7.24. The third-order valence-corrected chi connectivity index (χ3v) is 6.60. The van der Waals surface area contributed by atoms with Gasteiger partial charge in [0.15, 0.2) is 0 Å². The Labute approximate surface area is 172 Å². The summed E-state index contributed by atoms with van der Waals surface area (Å²) in [4.78, 5) is 15.2. The highest BCUT2D eigenvalue weighted by molar-refractivity contribution is 7.89. The minimum atomic E-state index is -3.58. The van der Waals surface area contributed by atoms with Crippen LogP contribution in [0.2, 0.25) is 0 Å². The van der Waals surface area contributed by atoms with E-state index in [2.05, 4.69) is 4.72 Å². The van der Waals surface area contributed by atoms with Crippen molar-refractivity contribution in [2.45, 2.75) is 17.9 Å². The van der Waals surface area contributed by atoms with Gasteiger partial charge in [0.05, 0.1) is 44.2 Å². The van der Waals surface area contributed by atoms with E-state index < -0.39 is 10.0 Å². The Morgan fingerprint density at radius 2 is 1.66 bits per heavy atom. The van der Waals surface area contributed by atoms with Crippen LogP contribution in [0.4, 0.5) is 4.79 Å². The molecule has 1 heterocycles. The van der Waals surface area contributed by atoms with Crippen molar-refractivity contribution in [2.75, 3.05) is 39.3 Å². The maximum absolute atomic E-state index is 12.7. The van der Waals surface area contributed by atoms with E-state index in [9.17, 15) is 13.2 Å². The van der Waals surface area contributed by atoms with E-state index in [1.807, 2.05) is 30.3 Å². The zero-order chi connectivity index (χ0) is 20.7. The zero-order valence-corrected chi connectivity index (χ0v) is 17.4. The van der Waals surface area contributed by atoms with Crippen molar-refractivity contribution >= 4 is 16.1 Å². The SMILES string of the molecule is CCOC(=O)N1CC[NH+]([C@@H](CNS(=O)(=O)c2ccccc2)c2ccccc2)CC1. The van der Waals surface area contributed by atoms with Gasteiger partial charge in [0, 0.05) is 5.56 Å². The van der Waals surface area contributed by atoms with Gasteiger partial charge in [0.1, 0.15) is 6.04 Å². The number of nitrogens with one attached hydrogen (secondary N) is 2. The van der Waals surface area contributed by atoms with E-state index in [0.717, 1.165) is 18.7 Å². The second-order valence-electron chi connectivity index (χ2n) is 6.97. The number of quaternary nitrogens is 1. The minimum absolute atomic E-state index is 0.0426. The van der Waals surface area contributed by atoms with Crippen molar-refractivity contribution in [3.63, 3.8) is 0 Å². The van der Waals surface area contributed by atoms with Gasteiger partial charge in [0.25, 0.3) is 0 Å². The molecule has 1 amide bonds. The molecule has 0 aromatic heterocycles. The molecule has 2 N–H and O–H groups in total. The zero-order valence-electron chi connectivity index (χ0n) is 16.6. The summed E-state index contributed by atoms with van der Waals surface area (Å²) in [6.07, 6.45) is -0.285. The van der Waals surface area contributed by atoms with Gasteiger partial charge in [0.2, 0.25) is 10.0 Å². The number of amides is 1. The number of benzene rings is 2. The molecule has 0 aliphatic carbocycles. The van der Waals surface area contributed by atoms with Crippen LogP contribution < -0.4 is 9.62 Å². The molecule has 0 spiro atoms. The fourth-order valence-electron chi connectivity index (χ4n) is 3.60. The Hall–Kier alpha value is -2.42. The summed E-state index contributed by atoms with van der Waals surface area (Å²) in [6.45, 7) is 5.07. The number of sulfonamides is 1. The smallest absolute Gasteiger partial charge is 0.410 e. The summed E-state index contributed by atoms with van der Waals surface area (Å²) in [7, 11) is -3.58. The van der Waals surface area contributed by atoms with Gasteiger partial charge in [-0.1, -0.05) is 48.5 Å². The standard InChI is InChI=1S/C21H27N3O4S/c1-2-28-21(25)24-15-13-23(14-16-24)20(18-9-5-3-6-10-18)17-22-29(26,27)19-11-7-4-8-12-19/h3-12,20,22H,2,13-17H2,1H3/p+1/t20-/m0/s1. The molecule has 0 unspecified atom stereocenters. The average molecular weight is 419 g/mol. The lowest BCUT2D eigenvalue weighted by Gasteiger charge is -2.36. The molecule has 2 aromatic carbocycles. The molecule has 29 heavy (non-hydrogen) atoms. The molecule has 1 aliphatic heterocycles. The number of ether oxygens (including phenoxy) is 1. The predicted octanol–water partition coefficient (Wildman–Crippen LogP) is 1.06. The first-order valence-corrected chi connectivity index (χ1v) is 11.4. The number of hydrogen-bond acceptors (Lipinski definition) is 4. The van der Waals surface area contributed by atoms with Gasteiger partial charge in [-0.3, -0.25) is 4.90 Å². The first-order chi connectivity index (χ1) is 14.0. The molecular weight excluding hydrogens is 390 g/mol. The number of piperazine rings is 1. The Morgan fingerprint density at radius 3 is 2.24 bits per heavy atom. The fraction of sp³-hybridized carbons (Fsp3) is 0.381. The monoisotopic (exact) mass is 418 g/mol. The van der Waals surface area contributed by atoms with E-state index in [0.29, 0.717) is 19.7 Å². The molecule has 0 saturated carbocycles. The molecule has 8 heteroatoms. The van der Waals surface area contributed by atoms with Gasteiger partial charge >= 0.3 is 6.09 Å². The third kappa shape index (κ3) is 5.56. The molecule has 1 fully saturated rings. The topological polar surface area (TPSA) is 80.2 Å². The van der Waals surface area contributed by atoms with Crippen molar-refractivity contribution in [3.8, 4) is 0 Å². The second kappa shape index (κ2) is 9.87. The van der Waals surface area contributed by atoms with E-state index in [1.165, 1.54) is 4.90 Å². The third-order valence-electron chi connectivity index (χ3n) is 5.16. The molecule has 156 valence electrons. The Bertz CT molecular complexity index is 883. The first kappa shape index (κ1) is 21.3. The van der Waals surface area contributed by atoms with Gasteiger partial charge in [-0.15, -0.1) is 0 Å². The predicted molar refractivity (Wildman–Crippen MR) is 110 cm³/mol. The van der Waals surface area contributed by atoms with Crippen LogP contribution in [0, 0.1) is 0 Å². The number of hydrogen-bond donors (Lipinski definition) is 2. The molecule has 0 bridgehead atoms. The number of carbonyl (C=O) groups excluding carboxylic acids is 1. The number of rotatable bonds is 7. The number of carbonyl (C=O) groups is 1. The van der Waals surface area contributed by atoms with Gasteiger partial charge < -0.3 is 9.64 Å². The van der Waals surface area contributed by atoms with Crippen molar-refractivity contribution in [3.05, 3.63) is 66.2 Å². The highest BCUT2D eigenvalue weighted by Gasteiger charge is 2.31. The highest BCUT2D eigenvalue weighted by atomic mass is 32.2. The van der Waals surface area contributed by atoms with Crippen LogP contribution in [0.3, 0.4) is 0 Å². The lowest BCUT2D eigenvalue weighted by molar-refractivity contribution is -0.934. The molecule has 3 rings (SSSR count).